The van der Waals surface area contributed by atoms with Crippen LogP contribution in [-0.2, 0) is 9.53 Å². The van der Waals surface area contributed by atoms with Crippen LogP contribution >= 0.6 is 0 Å². The Morgan fingerprint density at radius 2 is 2.55 bits per heavy atom. The minimum Gasteiger partial charge on any atom is -0.459 e. The normalized spacial score (nSPS) is 27.5. The first kappa shape index (κ1) is 8.27. The standard InChI is InChI=1S/C8H12O3/c1-2-3-6(9)7-4-5-8(10)11-7/h2-3,6-7,9H,4-5H2,1H3/b3-2+/t6-,7-/m0/s1. The summed E-state index contributed by atoms with van der Waals surface area (Å²) in [6.07, 6.45) is 3.48. The summed E-state index contributed by atoms with van der Waals surface area (Å²) >= 11 is 0. The van der Waals surface area contributed by atoms with Crippen LogP contribution in [0.4, 0.5) is 0 Å². The molecule has 2 atom stereocenters. The van der Waals surface area contributed by atoms with Gasteiger partial charge in [-0.1, -0.05) is 12.2 Å². The summed E-state index contributed by atoms with van der Waals surface area (Å²) in [6.45, 7) is 1.82. The predicted octanol–water partition coefficient (Wildman–Crippen LogP) is 0.629. The molecule has 3 heteroatoms. The van der Waals surface area contributed by atoms with Gasteiger partial charge < -0.3 is 9.84 Å². The van der Waals surface area contributed by atoms with Gasteiger partial charge in [-0.25, -0.2) is 0 Å². The molecule has 0 aromatic heterocycles. The molecule has 0 aliphatic carbocycles. The molecule has 0 aromatic rings. The highest BCUT2D eigenvalue weighted by atomic mass is 16.6. The van der Waals surface area contributed by atoms with E-state index in [1.54, 1.807) is 12.2 Å². The number of allylic oxidation sites excluding steroid dienone is 1. The van der Waals surface area contributed by atoms with Crippen molar-refractivity contribution >= 4 is 5.97 Å². The van der Waals surface area contributed by atoms with Crippen molar-refractivity contribution in [2.75, 3.05) is 0 Å². The summed E-state index contributed by atoms with van der Waals surface area (Å²) in [7, 11) is 0. The van der Waals surface area contributed by atoms with E-state index in [0.717, 1.165) is 0 Å². The van der Waals surface area contributed by atoms with Crippen molar-refractivity contribution in [3.8, 4) is 0 Å². The van der Waals surface area contributed by atoms with Gasteiger partial charge in [0, 0.05) is 6.42 Å². The van der Waals surface area contributed by atoms with Crippen LogP contribution in [-0.4, -0.2) is 23.3 Å². The first-order chi connectivity index (χ1) is 5.24. The Labute approximate surface area is 65.7 Å². The molecule has 1 aliphatic rings. The molecule has 0 unspecified atom stereocenters. The number of cyclic esters (lactones) is 1. The van der Waals surface area contributed by atoms with Crippen molar-refractivity contribution in [1.82, 2.24) is 0 Å². The molecule has 1 fully saturated rings. The summed E-state index contributed by atoms with van der Waals surface area (Å²) in [5.74, 6) is -0.210. The van der Waals surface area contributed by atoms with Gasteiger partial charge >= 0.3 is 5.97 Å². The number of aliphatic hydroxyl groups excluding tert-OH is 1. The fourth-order valence-corrected chi connectivity index (χ4v) is 1.11. The largest absolute Gasteiger partial charge is 0.459 e. The second-order valence-corrected chi connectivity index (χ2v) is 2.58. The molecular formula is C8H12O3. The highest BCUT2D eigenvalue weighted by Crippen LogP contribution is 2.17. The van der Waals surface area contributed by atoms with Crippen LogP contribution in [0.5, 0.6) is 0 Å². The number of ether oxygens (including phenoxy) is 1. The quantitative estimate of drug-likeness (QED) is 0.471. The van der Waals surface area contributed by atoms with Gasteiger partial charge in [0.05, 0.1) is 0 Å². The van der Waals surface area contributed by atoms with Gasteiger partial charge in [-0.15, -0.1) is 0 Å². The van der Waals surface area contributed by atoms with E-state index in [1.165, 1.54) is 0 Å². The lowest BCUT2D eigenvalue weighted by Gasteiger charge is -2.12. The summed E-state index contributed by atoms with van der Waals surface area (Å²) in [5.41, 5.74) is 0. The third-order valence-electron chi connectivity index (χ3n) is 1.69. The summed E-state index contributed by atoms with van der Waals surface area (Å²) in [4.78, 5) is 10.6. The van der Waals surface area contributed by atoms with Crippen LogP contribution in [0.1, 0.15) is 19.8 Å². The number of hydrogen-bond acceptors (Lipinski definition) is 3. The number of carbonyl (C=O) groups is 1. The first-order valence-corrected chi connectivity index (χ1v) is 3.74. The van der Waals surface area contributed by atoms with E-state index in [-0.39, 0.29) is 12.1 Å². The number of aliphatic hydroxyl groups is 1. The molecule has 0 radical (unpaired) electrons. The van der Waals surface area contributed by atoms with E-state index in [0.29, 0.717) is 12.8 Å². The maximum Gasteiger partial charge on any atom is 0.306 e. The highest BCUT2D eigenvalue weighted by Gasteiger charge is 2.27. The van der Waals surface area contributed by atoms with Crippen LogP contribution in [0.3, 0.4) is 0 Å². The zero-order valence-corrected chi connectivity index (χ0v) is 6.49. The molecule has 1 heterocycles. The Kier molecular flexibility index (Phi) is 2.65. The van der Waals surface area contributed by atoms with E-state index in [1.807, 2.05) is 6.92 Å². The van der Waals surface area contributed by atoms with Crippen molar-refractivity contribution in [2.24, 2.45) is 0 Å². The fourth-order valence-electron chi connectivity index (χ4n) is 1.11. The summed E-state index contributed by atoms with van der Waals surface area (Å²) in [5, 5.41) is 9.30. The van der Waals surface area contributed by atoms with Gasteiger partial charge in [0.25, 0.3) is 0 Å². The average Bonchev–Trinajstić information content (AvgIpc) is 2.36. The maximum atomic E-state index is 10.6. The molecule has 0 bridgehead atoms. The van der Waals surface area contributed by atoms with Crippen LogP contribution in [0, 0.1) is 0 Å². The van der Waals surface area contributed by atoms with Crippen molar-refractivity contribution in [3.63, 3.8) is 0 Å². The van der Waals surface area contributed by atoms with Gasteiger partial charge in [0.15, 0.2) is 0 Å². The van der Waals surface area contributed by atoms with Crippen molar-refractivity contribution in [3.05, 3.63) is 12.2 Å². The SMILES string of the molecule is C/C=C/[C@H](O)[C@@H]1CCC(=O)O1. The van der Waals surface area contributed by atoms with Crippen LogP contribution < -0.4 is 0 Å². The molecule has 3 nitrogen and oxygen atoms in total. The molecule has 0 saturated carbocycles. The van der Waals surface area contributed by atoms with Crippen molar-refractivity contribution in [2.45, 2.75) is 32.0 Å². The molecule has 0 aromatic carbocycles. The van der Waals surface area contributed by atoms with Crippen LogP contribution in [0.15, 0.2) is 12.2 Å². The molecule has 0 amide bonds. The second-order valence-electron chi connectivity index (χ2n) is 2.58. The zero-order chi connectivity index (χ0) is 8.27. The van der Waals surface area contributed by atoms with Crippen LogP contribution in [0.2, 0.25) is 0 Å². The van der Waals surface area contributed by atoms with E-state index < -0.39 is 6.10 Å². The van der Waals surface area contributed by atoms with Crippen LogP contribution in [0.25, 0.3) is 0 Å². The number of rotatable bonds is 2. The lowest BCUT2D eigenvalue weighted by Crippen LogP contribution is -2.23. The molecule has 1 aliphatic heterocycles. The number of esters is 1. The van der Waals surface area contributed by atoms with E-state index in [2.05, 4.69) is 0 Å². The van der Waals surface area contributed by atoms with Crippen molar-refractivity contribution in [1.29, 1.82) is 0 Å². The van der Waals surface area contributed by atoms with Gasteiger partial charge in [0.1, 0.15) is 12.2 Å². The highest BCUT2D eigenvalue weighted by molar-refractivity contribution is 5.71. The molecule has 0 spiro atoms. The lowest BCUT2D eigenvalue weighted by atomic mass is 10.1. The maximum absolute atomic E-state index is 10.6. The topological polar surface area (TPSA) is 46.5 Å². The molecule has 1 N–H and O–H groups in total. The lowest BCUT2D eigenvalue weighted by molar-refractivity contribution is -0.144. The second kappa shape index (κ2) is 3.53. The molecule has 62 valence electrons. The molecule has 1 rings (SSSR count). The number of hydrogen-bond donors (Lipinski definition) is 1. The van der Waals surface area contributed by atoms with Gasteiger partial charge in [-0.2, -0.15) is 0 Å². The Morgan fingerprint density at radius 3 is 3.00 bits per heavy atom. The first-order valence-electron chi connectivity index (χ1n) is 3.74. The Balaban J connectivity index is 2.42. The Hall–Kier alpha value is -0.830. The minimum atomic E-state index is -0.633. The predicted molar refractivity (Wildman–Crippen MR) is 39.9 cm³/mol. The minimum absolute atomic E-state index is 0.210. The summed E-state index contributed by atoms with van der Waals surface area (Å²) in [6, 6.07) is 0. The number of carbonyl (C=O) groups excluding carboxylic acids is 1. The van der Waals surface area contributed by atoms with E-state index in [4.69, 9.17) is 4.74 Å². The van der Waals surface area contributed by atoms with E-state index in [9.17, 15) is 9.90 Å². The summed E-state index contributed by atoms with van der Waals surface area (Å²) < 4.78 is 4.84. The van der Waals surface area contributed by atoms with Crippen molar-refractivity contribution < 1.29 is 14.6 Å². The van der Waals surface area contributed by atoms with Gasteiger partial charge in [0.2, 0.25) is 0 Å². The monoisotopic (exact) mass is 156 g/mol. The van der Waals surface area contributed by atoms with E-state index >= 15 is 0 Å². The molecule has 1 saturated heterocycles. The smallest absolute Gasteiger partial charge is 0.306 e. The third kappa shape index (κ3) is 2.05. The molecule has 11 heavy (non-hydrogen) atoms. The third-order valence-corrected chi connectivity index (χ3v) is 1.69. The molecular weight excluding hydrogens is 144 g/mol. The Morgan fingerprint density at radius 1 is 1.82 bits per heavy atom. The van der Waals surface area contributed by atoms with Gasteiger partial charge in [-0.05, 0) is 13.3 Å². The fraction of sp³-hybridized carbons (Fsp3) is 0.625. The zero-order valence-electron chi connectivity index (χ0n) is 6.49. The Bertz CT molecular complexity index is 174. The average molecular weight is 156 g/mol. The van der Waals surface area contributed by atoms with Gasteiger partial charge in [-0.3, -0.25) is 4.79 Å².